The van der Waals surface area contributed by atoms with E-state index in [9.17, 15) is 37.5 Å². The summed E-state index contributed by atoms with van der Waals surface area (Å²) in [7, 11) is 0. The van der Waals surface area contributed by atoms with Crippen LogP contribution in [0.4, 0.5) is 33.9 Å². The Labute approximate surface area is 185 Å². The van der Waals surface area contributed by atoms with Crippen LogP contribution in [0.15, 0.2) is 30.5 Å². The number of hydrogen-bond donors (Lipinski definition) is 3. The average molecular weight is 468 g/mol. The standard InChI is InChI=1S/C20H20F4N6O3/c1-10(20(22,23)24)15-16(11(8-25)6-7-29(15)19(32)33)30-9-14(17(26)31)18(28-30)27-13-4-2-12(21)3-5-13/h2-5,9-11,15-16H,6-7H2,1H3,(H2,26,31)(H,27,28)(H,32,33)/t10?,11-,15?,16-/m0/s1. The Balaban J connectivity index is 2.11. The molecule has 1 saturated heterocycles. The van der Waals surface area contributed by atoms with Gasteiger partial charge in [-0.3, -0.25) is 9.48 Å². The molecule has 13 heteroatoms. The minimum atomic E-state index is -4.76. The summed E-state index contributed by atoms with van der Waals surface area (Å²) in [6.07, 6.45) is -5.27. The number of likely N-dealkylation sites (tertiary alicyclic amines) is 1. The highest BCUT2D eigenvalue weighted by Gasteiger charge is 2.53. The largest absolute Gasteiger partial charge is 0.465 e. The molecule has 0 spiro atoms. The highest BCUT2D eigenvalue weighted by atomic mass is 19.4. The third kappa shape index (κ3) is 4.84. The lowest BCUT2D eigenvalue weighted by Gasteiger charge is -2.45. The Bertz CT molecular complexity index is 1080. The number of alkyl halides is 3. The number of nitriles is 1. The van der Waals surface area contributed by atoms with Gasteiger partial charge in [-0.1, -0.05) is 6.92 Å². The van der Waals surface area contributed by atoms with Crippen molar-refractivity contribution in [3.8, 4) is 6.07 Å². The first kappa shape index (κ1) is 23.8. The molecule has 2 heterocycles. The van der Waals surface area contributed by atoms with Crippen LogP contribution in [-0.2, 0) is 0 Å². The lowest BCUT2D eigenvalue weighted by molar-refractivity contribution is -0.193. The number of benzene rings is 1. The van der Waals surface area contributed by atoms with Crippen molar-refractivity contribution in [1.82, 2.24) is 14.7 Å². The van der Waals surface area contributed by atoms with Crippen molar-refractivity contribution in [2.45, 2.75) is 31.6 Å². The fourth-order valence-electron chi connectivity index (χ4n) is 3.97. The maximum Gasteiger partial charge on any atom is 0.407 e. The number of primary amides is 1. The highest BCUT2D eigenvalue weighted by molar-refractivity contribution is 5.98. The molecule has 1 aromatic carbocycles. The molecule has 3 rings (SSSR count). The van der Waals surface area contributed by atoms with Gasteiger partial charge in [-0.2, -0.15) is 23.5 Å². The van der Waals surface area contributed by atoms with Crippen molar-refractivity contribution in [2.24, 2.45) is 17.6 Å². The zero-order valence-electron chi connectivity index (χ0n) is 17.3. The zero-order valence-corrected chi connectivity index (χ0v) is 17.3. The number of amides is 2. The molecule has 0 saturated carbocycles. The normalized spacial score (nSPS) is 21.8. The maximum atomic E-state index is 13.7. The number of nitrogens with two attached hydrogens (primary N) is 1. The molecular formula is C20H20F4N6O3. The smallest absolute Gasteiger partial charge is 0.407 e. The van der Waals surface area contributed by atoms with Gasteiger partial charge < -0.3 is 21.1 Å². The number of carbonyl (C=O) groups excluding carboxylic acids is 1. The predicted octanol–water partition coefficient (Wildman–Crippen LogP) is 3.50. The first-order chi connectivity index (χ1) is 15.4. The molecule has 1 fully saturated rings. The van der Waals surface area contributed by atoms with Crippen molar-refractivity contribution in [3.63, 3.8) is 0 Å². The van der Waals surface area contributed by atoms with E-state index in [1.54, 1.807) is 0 Å². The lowest BCUT2D eigenvalue weighted by atomic mass is 9.80. The van der Waals surface area contributed by atoms with Crippen molar-refractivity contribution in [1.29, 1.82) is 5.26 Å². The minimum absolute atomic E-state index is 0.0268. The van der Waals surface area contributed by atoms with Gasteiger partial charge in [0.2, 0.25) is 0 Å². The summed E-state index contributed by atoms with van der Waals surface area (Å²) in [5, 5.41) is 26.1. The Morgan fingerprint density at radius 1 is 1.33 bits per heavy atom. The molecule has 1 aliphatic heterocycles. The van der Waals surface area contributed by atoms with Crippen molar-refractivity contribution >= 4 is 23.5 Å². The van der Waals surface area contributed by atoms with Crippen LogP contribution in [0.25, 0.3) is 0 Å². The fourth-order valence-corrected chi connectivity index (χ4v) is 3.97. The number of piperidine rings is 1. The van der Waals surface area contributed by atoms with E-state index in [1.165, 1.54) is 12.1 Å². The Kier molecular flexibility index (Phi) is 6.48. The zero-order chi connectivity index (χ0) is 24.5. The Hall–Kier alpha value is -3.82. The number of rotatable bonds is 5. The molecule has 33 heavy (non-hydrogen) atoms. The van der Waals surface area contributed by atoms with Gasteiger partial charge in [0.25, 0.3) is 5.91 Å². The summed E-state index contributed by atoms with van der Waals surface area (Å²) in [6, 6.07) is 3.88. The number of carbonyl (C=O) groups is 2. The summed E-state index contributed by atoms with van der Waals surface area (Å²) in [4.78, 5) is 24.4. The molecule has 0 bridgehead atoms. The van der Waals surface area contributed by atoms with Gasteiger partial charge in [0.05, 0.1) is 30.0 Å². The molecule has 2 aromatic rings. The molecule has 1 aliphatic rings. The number of halogens is 4. The van der Waals surface area contributed by atoms with E-state index >= 15 is 0 Å². The number of aromatic nitrogens is 2. The quantitative estimate of drug-likeness (QED) is 0.575. The van der Waals surface area contributed by atoms with Gasteiger partial charge in [0, 0.05) is 18.4 Å². The van der Waals surface area contributed by atoms with Gasteiger partial charge in [-0.05, 0) is 30.7 Å². The first-order valence-electron chi connectivity index (χ1n) is 9.81. The minimum Gasteiger partial charge on any atom is -0.465 e. The Morgan fingerprint density at radius 3 is 2.48 bits per heavy atom. The monoisotopic (exact) mass is 468 g/mol. The number of carboxylic acid groups (broad SMARTS) is 1. The molecule has 1 aromatic heterocycles. The highest BCUT2D eigenvalue weighted by Crippen LogP contribution is 2.42. The summed E-state index contributed by atoms with van der Waals surface area (Å²) in [6.45, 7) is 0.573. The maximum absolute atomic E-state index is 13.7. The Morgan fingerprint density at radius 2 is 1.97 bits per heavy atom. The summed E-state index contributed by atoms with van der Waals surface area (Å²) in [5.41, 5.74) is 5.52. The molecule has 4 N–H and O–H groups in total. The molecule has 2 unspecified atom stereocenters. The van der Waals surface area contributed by atoms with E-state index in [0.29, 0.717) is 10.6 Å². The van der Waals surface area contributed by atoms with Gasteiger partial charge in [0.15, 0.2) is 5.82 Å². The van der Waals surface area contributed by atoms with Crippen LogP contribution < -0.4 is 11.1 Å². The number of anilines is 2. The second-order valence-corrected chi connectivity index (χ2v) is 7.68. The summed E-state index contributed by atoms with van der Waals surface area (Å²) >= 11 is 0. The van der Waals surface area contributed by atoms with Crippen LogP contribution >= 0.6 is 0 Å². The number of nitrogens with zero attached hydrogens (tertiary/aromatic N) is 4. The van der Waals surface area contributed by atoms with Crippen LogP contribution in [0.5, 0.6) is 0 Å². The van der Waals surface area contributed by atoms with Crippen molar-refractivity contribution in [3.05, 3.63) is 41.8 Å². The van der Waals surface area contributed by atoms with Gasteiger partial charge in [0.1, 0.15) is 11.4 Å². The van der Waals surface area contributed by atoms with Gasteiger partial charge >= 0.3 is 12.3 Å². The molecular weight excluding hydrogens is 448 g/mol. The van der Waals surface area contributed by atoms with E-state index in [4.69, 9.17) is 5.73 Å². The molecule has 9 nitrogen and oxygen atoms in total. The van der Waals surface area contributed by atoms with E-state index in [0.717, 1.165) is 29.9 Å². The summed E-state index contributed by atoms with van der Waals surface area (Å²) < 4.78 is 55.2. The van der Waals surface area contributed by atoms with Crippen molar-refractivity contribution < 1.29 is 32.3 Å². The molecule has 0 radical (unpaired) electrons. The first-order valence-corrected chi connectivity index (χ1v) is 9.81. The second kappa shape index (κ2) is 8.97. The molecule has 176 valence electrons. The third-order valence-corrected chi connectivity index (χ3v) is 5.65. The van der Waals surface area contributed by atoms with E-state index in [1.807, 2.05) is 6.07 Å². The SMILES string of the molecule is CC(C1[C@@H](n2cc(C(N)=O)c(Nc3ccc(F)cc3)n2)[C@H](C#N)CCN1C(=O)O)C(F)(F)F. The van der Waals surface area contributed by atoms with Crippen LogP contribution in [0, 0.1) is 29.0 Å². The van der Waals surface area contributed by atoms with E-state index in [2.05, 4.69) is 10.4 Å². The van der Waals surface area contributed by atoms with Crippen LogP contribution in [-0.4, -0.2) is 50.6 Å². The third-order valence-electron chi connectivity index (χ3n) is 5.65. The molecule has 4 atom stereocenters. The van der Waals surface area contributed by atoms with Crippen LogP contribution in [0.2, 0.25) is 0 Å². The van der Waals surface area contributed by atoms with Crippen molar-refractivity contribution in [2.75, 3.05) is 11.9 Å². The fraction of sp³-hybridized carbons (Fsp3) is 0.400. The average Bonchev–Trinajstić information content (AvgIpc) is 3.16. The number of nitrogens with one attached hydrogen (secondary N) is 1. The van der Waals surface area contributed by atoms with E-state index < -0.39 is 47.9 Å². The molecule has 2 amide bonds. The lowest BCUT2D eigenvalue weighted by Crippen LogP contribution is -2.57. The predicted molar refractivity (Wildman–Crippen MR) is 107 cm³/mol. The number of hydrogen-bond acceptors (Lipinski definition) is 5. The summed E-state index contributed by atoms with van der Waals surface area (Å²) in [5.74, 6) is -4.75. The van der Waals surface area contributed by atoms with Crippen LogP contribution in [0.1, 0.15) is 29.7 Å². The van der Waals surface area contributed by atoms with Gasteiger partial charge in [-0.15, -0.1) is 0 Å². The van der Waals surface area contributed by atoms with E-state index in [-0.39, 0.29) is 24.3 Å². The van der Waals surface area contributed by atoms with Gasteiger partial charge in [-0.25, -0.2) is 9.18 Å². The molecule has 0 aliphatic carbocycles. The van der Waals surface area contributed by atoms with Crippen LogP contribution in [0.3, 0.4) is 0 Å². The topological polar surface area (TPSA) is 137 Å². The second-order valence-electron chi connectivity index (χ2n) is 7.68.